The van der Waals surface area contributed by atoms with Gasteiger partial charge in [0.1, 0.15) is 0 Å². The lowest BCUT2D eigenvalue weighted by molar-refractivity contribution is -0.138. The number of benzene rings is 1. The van der Waals surface area contributed by atoms with E-state index in [2.05, 4.69) is 6.58 Å². The highest BCUT2D eigenvalue weighted by Crippen LogP contribution is 2.08. The van der Waals surface area contributed by atoms with Gasteiger partial charge in [0.2, 0.25) is 0 Å². The molecular formula is C13H16O2. The summed E-state index contributed by atoms with van der Waals surface area (Å²) in [5, 5.41) is 0. The van der Waals surface area contributed by atoms with Crippen molar-refractivity contribution in [2.75, 3.05) is 6.61 Å². The Labute approximate surface area is 90.6 Å². The second-order valence-corrected chi connectivity index (χ2v) is 3.31. The Morgan fingerprint density at radius 3 is 2.60 bits per heavy atom. The Hall–Kier alpha value is -1.57. The number of rotatable bonds is 5. The quantitative estimate of drug-likeness (QED) is 0.544. The van der Waals surface area contributed by atoms with Crippen molar-refractivity contribution >= 4 is 5.97 Å². The minimum atomic E-state index is -0.284. The Bertz CT molecular complexity index is 328. The molecule has 0 saturated carbocycles. The van der Waals surface area contributed by atoms with Gasteiger partial charge in [-0.1, -0.05) is 36.9 Å². The lowest BCUT2D eigenvalue weighted by Gasteiger charge is -2.04. The molecule has 0 unspecified atom stereocenters. The highest BCUT2D eigenvalue weighted by molar-refractivity contribution is 5.87. The van der Waals surface area contributed by atoms with Gasteiger partial charge in [-0.05, 0) is 25.3 Å². The van der Waals surface area contributed by atoms with E-state index >= 15 is 0 Å². The molecule has 1 aromatic carbocycles. The minimum absolute atomic E-state index is 0.284. The zero-order valence-corrected chi connectivity index (χ0v) is 9.03. The molecule has 1 rings (SSSR count). The molecule has 80 valence electrons. The van der Waals surface area contributed by atoms with Gasteiger partial charge in [0.05, 0.1) is 6.61 Å². The van der Waals surface area contributed by atoms with E-state index in [1.54, 1.807) is 6.92 Å². The highest BCUT2D eigenvalue weighted by atomic mass is 16.5. The third-order valence-corrected chi connectivity index (χ3v) is 2.12. The highest BCUT2D eigenvalue weighted by Gasteiger charge is 2.06. The smallest absolute Gasteiger partial charge is 0.333 e. The molecule has 0 aliphatic carbocycles. The van der Waals surface area contributed by atoms with Gasteiger partial charge in [0, 0.05) is 5.57 Å². The molecule has 1 aromatic rings. The van der Waals surface area contributed by atoms with E-state index in [0.717, 1.165) is 6.42 Å². The largest absolute Gasteiger partial charge is 0.463 e. The average Bonchev–Trinajstić information content (AvgIpc) is 2.27. The van der Waals surface area contributed by atoms with Crippen LogP contribution in [0, 0.1) is 0 Å². The van der Waals surface area contributed by atoms with E-state index in [0.29, 0.717) is 18.6 Å². The van der Waals surface area contributed by atoms with Gasteiger partial charge in [-0.2, -0.15) is 0 Å². The van der Waals surface area contributed by atoms with Crippen molar-refractivity contribution in [3.8, 4) is 0 Å². The van der Waals surface area contributed by atoms with Gasteiger partial charge >= 0.3 is 5.97 Å². The molecule has 0 aliphatic rings. The fourth-order valence-corrected chi connectivity index (χ4v) is 1.28. The number of hydrogen-bond donors (Lipinski definition) is 0. The predicted molar refractivity (Wildman–Crippen MR) is 60.5 cm³/mol. The van der Waals surface area contributed by atoms with E-state index in [9.17, 15) is 4.79 Å². The number of carbonyl (C=O) groups is 1. The van der Waals surface area contributed by atoms with Crippen molar-refractivity contribution < 1.29 is 9.53 Å². The monoisotopic (exact) mass is 204 g/mol. The normalized spacial score (nSPS) is 9.67. The molecular weight excluding hydrogens is 188 g/mol. The first-order valence-corrected chi connectivity index (χ1v) is 5.13. The maximum absolute atomic E-state index is 11.2. The SMILES string of the molecule is C=C(CCc1ccccc1)C(=O)OCC. The summed E-state index contributed by atoms with van der Waals surface area (Å²) >= 11 is 0. The maximum Gasteiger partial charge on any atom is 0.333 e. The van der Waals surface area contributed by atoms with Gasteiger partial charge < -0.3 is 4.74 Å². The van der Waals surface area contributed by atoms with E-state index in [4.69, 9.17) is 4.74 Å². The minimum Gasteiger partial charge on any atom is -0.463 e. The lowest BCUT2D eigenvalue weighted by Crippen LogP contribution is -2.07. The van der Waals surface area contributed by atoms with Crippen molar-refractivity contribution in [1.82, 2.24) is 0 Å². The maximum atomic E-state index is 11.2. The van der Waals surface area contributed by atoms with E-state index in [1.165, 1.54) is 5.56 Å². The molecule has 0 aliphatic heterocycles. The standard InChI is InChI=1S/C13H16O2/c1-3-15-13(14)11(2)9-10-12-7-5-4-6-8-12/h4-8H,2-3,9-10H2,1H3. The third kappa shape index (κ3) is 3.98. The van der Waals surface area contributed by atoms with Crippen LogP contribution in [0.25, 0.3) is 0 Å². The molecule has 2 nitrogen and oxygen atoms in total. The van der Waals surface area contributed by atoms with Gasteiger partial charge in [0.25, 0.3) is 0 Å². The molecule has 2 heteroatoms. The topological polar surface area (TPSA) is 26.3 Å². The Kier molecular flexibility index (Phi) is 4.61. The molecule has 0 bridgehead atoms. The van der Waals surface area contributed by atoms with Crippen LogP contribution in [0.5, 0.6) is 0 Å². The second-order valence-electron chi connectivity index (χ2n) is 3.31. The first-order chi connectivity index (χ1) is 7.24. The van der Waals surface area contributed by atoms with Gasteiger partial charge in [-0.3, -0.25) is 0 Å². The van der Waals surface area contributed by atoms with Crippen molar-refractivity contribution in [3.63, 3.8) is 0 Å². The molecule has 0 aromatic heterocycles. The second kappa shape index (κ2) is 6.02. The first kappa shape index (κ1) is 11.5. The van der Waals surface area contributed by atoms with Crippen LogP contribution >= 0.6 is 0 Å². The first-order valence-electron chi connectivity index (χ1n) is 5.13. The zero-order valence-electron chi connectivity index (χ0n) is 9.03. The third-order valence-electron chi connectivity index (χ3n) is 2.12. The zero-order chi connectivity index (χ0) is 11.1. The number of carbonyl (C=O) groups excluding carboxylic acids is 1. The molecule has 0 fully saturated rings. The van der Waals surface area contributed by atoms with E-state index in [-0.39, 0.29) is 5.97 Å². The Morgan fingerprint density at radius 1 is 1.33 bits per heavy atom. The van der Waals surface area contributed by atoms with Crippen LogP contribution in [0.4, 0.5) is 0 Å². The Balaban J connectivity index is 2.38. The summed E-state index contributed by atoms with van der Waals surface area (Å²) in [7, 11) is 0. The van der Waals surface area contributed by atoms with Crippen molar-refractivity contribution in [2.24, 2.45) is 0 Å². The molecule has 0 heterocycles. The van der Waals surface area contributed by atoms with Crippen molar-refractivity contribution in [1.29, 1.82) is 0 Å². The summed E-state index contributed by atoms with van der Waals surface area (Å²) < 4.78 is 4.85. The predicted octanol–water partition coefficient (Wildman–Crippen LogP) is 2.74. The number of hydrogen-bond acceptors (Lipinski definition) is 2. The fraction of sp³-hybridized carbons (Fsp3) is 0.308. The number of esters is 1. The van der Waals surface area contributed by atoms with Crippen LogP contribution in [0.1, 0.15) is 18.9 Å². The van der Waals surface area contributed by atoms with Crippen LogP contribution in [0.15, 0.2) is 42.5 Å². The number of ether oxygens (including phenoxy) is 1. The van der Waals surface area contributed by atoms with Crippen LogP contribution in [-0.4, -0.2) is 12.6 Å². The van der Waals surface area contributed by atoms with Gasteiger partial charge in [-0.15, -0.1) is 0 Å². The number of aryl methyl sites for hydroxylation is 1. The average molecular weight is 204 g/mol. The van der Waals surface area contributed by atoms with Crippen LogP contribution < -0.4 is 0 Å². The van der Waals surface area contributed by atoms with E-state index in [1.807, 2.05) is 30.3 Å². The molecule has 0 spiro atoms. The molecule has 0 N–H and O–H groups in total. The van der Waals surface area contributed by atoms with Gasteiger partial charge in [0.15, 0.2) is 0 Å². The summed E-state index contributed by atoms with van der Waals surface area (Å²) in [5.41, 5.74) is 1.75. The molecule has 0 radical (unpaired) electrons. The summed E-state index contributed by atoms with van der Waals surface area (Å²) in [6.07, 6.45) is 1.49. The van der Waals surface area contributed by atoms with Crippen LogP contribution in [-0.2, 0) is 16.0 Å². The molecule has 0 amide bonds. The van der Waals surface area contributed by atoms with Crippen LogP contribution in [0.2, 0.25) is 0 Å². The van der Waals surface area contributed by atoms with E-state index < -0.39 is 0 Å². The summed E-state index contributed by atoms with van der Waals surface area (Å²) in [6.45, 7) is 5.91. The van der Waals surface area contributed by atoms with Crippen LogP contribution in [0.3, 0.4) is 0 Å². The summed E-state index contributed by atoms with van der Waals surface area (Å²) in [6, 6.07) is 10.0. The van der Waals surface area contributed by atoms with Crippen molar-refractivity contribution in [3.05, 3.63) is 48.0 Å². The summed E-state index contributed by atoms with van der Waals surface area (Å²) in [4.78, 5) is 11.2. The molecule has 0 atom stereocenters. The Morgan fingerprint density at radius 2 is 2.00 bits per heavy atom. The lowest BCUT2D eigenvalue weighted by atomic mass is 10.1. The fourth-order valence-electron chi connectivity index (χ4n) is 1.28. The molecule has 15 heavy (non-hydrogen) atoms. The van der Waals surface area contributed by atoms with Crippen molar-refractivity contribution in [2.45, 2.75) is 19.8 Å². The summed E-state index contributed by atoms with van der Waals surface area (Å²) in [5.74, 6) is -0.284. The molecule has 0 saturated heterocycles. The van der Waals surface area contributed by atoms with Gasteiger partial charge in [-0.25, -0.2) is 4.79 Å².